The maximum atomic E-state index is 12.2. The Bertz CT molecular complexity index is 942. The van der Waals surface area contributed by atoms with Gasteiger partial charge < -0.3 is 43.3 Å². The zero-order valence-corrected chi connectivity index (χ0v) is 23.1. The first-order chi connectivity index (χ1) is 19.8. The average Bonchev–Trinajstić information content (AvgIpc) is 3.30. The van der Waals surface area contributed by atoms with Gasteiger partial charge in [-0.2, -0.15) is 0 Å². The van der Waals surface area contributed by atoms with Crippen LogP contribution in [0.25, 0.3) is 11.1 Å². The molecule has 1 aliphatic rings. The molecule has 0 spiro atoms. The van der Waals surface area contributed by atoms with Gasteiger partial charge in [0.05, 0.1) is 79.3 Å². The van der Waals surface area contributed by atoms with Crippen molar-refractivity contribution in [2.75, 3.05) is 92.4 Å². The number of amides is 1. The van der Waals surface area contributed by atoms with Gasteiger partial charge in [0, 0.05) is 18.9 Å². The van der Waals surface area contributed by atoms with Crippen LogP contribution in [-0.2, 0) is 38.0 Å². The Morgan fingerprint density at radius 3 is 1.52 bits per heavy atom. The van der Waals surface area contributed by atoms with E-state index in [9.17, 15) is 9.59 Å². The highest BCUT2D eigenvalue weighted by atomic mass is 16.6. The fourth-order valence-electron chi connectivity index (χ4n) is 4.21. The summed E-state index contributed by atoms with van der Waals surface area (Å²) in [5, 5.41) is 2.73. The first kappa shape index (κ1) is 31.7. The highest BCUT2D eigenvalue weighted by Gasteiger charge is 2.28. The maximum Gasteiger partial charge on any atom is 0.407 e. The number of carbonyl (C=O) groups is 2. The lowest BCUT2D eigenvalue weighted by Gasteiger charge is -2.14. The van der Waals surface area contributed by atoms with Crippen molar-refractivity contribution in [3.05, 3.63) is 59.7 Å². The van der Waals surface area contributed by atoms with Crippen LogP contribution in [0.2, 0.25) is 0 Å². The van der Waals surface area contributed by atoms with E-state index in [4.69, 9.17) is 33.2 Å². The van der Waals surface area contributed by atoms with Gasteiger partial charge >= 0.3 is 6.09 Å². The first-order valence-corrected chi connectivity index (χ1v) is 13.8. The molecule has 0 atom stereocenters. The van der Waals surface area contributed by atoms with Crippen molar-refractivity contribution in [2.24, 2.45) is 0 Å². The molecule has 0 saturated heterocycles. The summed E-state index contributed by atoms with van der Waals surface area (Å²) in [5.74, 6) is 0.0417. The van der Waals surface area contributed by atoms with E-state index in [2.05, 4.69) is 29.6 Å². The molecule has 10 nitrogen and oxygen atoms in total. The molecule has 1 aliphatic carbocycles. The number of ether oxygens (including phenoxy) is 7. The van der Waals surface area contributed by atoms with E-state index in [1.807, 2.05) is 24.3 Å². The third-order valence-corrected chi connectivity index (χ3v) is 6.10. The molecule has 0 aliphatic heterocycles. The minimum atomic E-state index is -0.452. The van der Waals surface area contributed by atoms with Crippen LogP contribution in [0.4, 0.5) is 4.79 Å². The van der Waals surface area contributed by atoms with E-state index in [-0.39, 0.29) is 12.5 Å². The van der Waals surface area contributed by atoms with Crippen molar-refractivity contribution < 1.29 is 42.7 Å². The summed E-state index contributed by atoms with van der Waals surface area (Å²) in [6, 6.07) is 16.5. The Morgan fingerprint density at radius 1 is 0.625 bits per heavy atom. The summed E-state index contributed by atoms with van der Waals surface area (Å²) in [6.07, 6.45) is 0.788. The van der Waals surface area contributed by atoms with Crippen molar-refractivity contribution in [1.82, 2.24) is 5.32 Å². The van der Waals surface area contributed by atoms with Crippen LogP contribution in [-0.4, -0.2) is 105 Å². The van der Waals surface area contributed by atoms with Gasteiger partial charge in [-0.3, -0.25) is 0 Å². The highest BCUT2D eigenvalue weighted by molar-refractivity contribution is 5.79. The first-order valence-electron chi connectivity index (χ1n) is 13.8. The monoisotopic (exact) mass is 559 g/mol. The van der Waals surface area contributed by atoms with Gasteiger partial charge in [-0.05, 0) is 22.3 Å². The topological polar surface area (TPSA) is 111 Å². The second-order valence-electron chi connectivity index (χ2n) is 8.88. The number of fused-ring (bicyclic) bond motifs is 3. The van der Waals surface area contributed by atoms with Gasteiger partial charge in [-0.25, -0.2) is 4.79 Å². The molecule has 0 aromatic heterocycles. The Morgan fingerprint density at radius 2 is 1.05 bits per heavy atom. The third-order valence-electron chi connectivity index (χ3n) is 6.10. The predicted molar refractivity (Wildman–Crippen MR) is 149 cm³/mol. The lowest BCUT2D eigenvalue weighted by Crippen LogP contribution is -2.29. The molecule has 0 heterocycles. The maximum absolute atomic E-state index is 12.2. The summed E-state index contributed by atoms with van der Waals surface area (Å²) < 4.78 is 37.9. The van der Waals surface area contributed by atoms with Gasteiger partial charge in [0.1, 0.15) is 12.9 Å². The summed E-state index contributed by atoms with van der Waals surface area (Å²) in [4.78, 5) is 22.3. The Labute approximate surface area is 236 Å². The Balaban J connectivity index is 1.07. The number of hydrogen-bond acceptors (Lipinski definition) is 9. The minimum absolute atomic E-state index is 0.0417. The van der Waals surface area contributed by atoms with E-state index < -0.39 is 6.09 Å². The predicted octanol–water partition coefficient (Wildman–Crippen LogP) is 3.21. The summed E-state index contributed by atoms with van der Waals surface area (Å²) in [5.41, 5.74) is 4.78. The summed E-state index contributed by atoms with van der Waals surface area (Å²) >= 11 is 0. The molecular formula is C30H41NO9. The van der Waals surface area contributed by atoms with E-state index >= 15 is 0 Å². The smallest absolute Gasteiger partial charge is 0.407 e. The molecule has 0 radical (unpaired) electrons. The molecule has 1 amide bonds. The van der Waals surface area contributed by atoms with E-state index in [1.165, 1.54) is 22.3 Å². The van der Waals surface area contributed by atoms with Crippen LogP contribution in [0.3, 0.4) is 0 Å². The van der Waals surface area contributed by atoms with Crippen molar-refractivity contribution in [2.45, 2.75) is 12.3 Å². The molecular weight excluding hydrogens is 518 g/mol. The number of rotatable bonds is 23. The lowest BCUT2D eigenvalue weighted by atomic mass is 9.98. The molecule has 10 heteroatoms. The van der Waals surface area contributed by atoms with Gasteiger partial charge in [0.15, 0.2) is 0 Å². The zero-order valence-electron chi connectivity index (χ0n) is 23.1. The van der Waals surface area contributed by atoms with E-state index in [1.54, 1.807) is 0 Å². The van der Waals surface area contributed by atoms with E-state index in [0.29, 0.717) is 92.2 Å². The number of alkyl carbamates (subject to hydrolysis) is 1. The van der Waals surface area contributed by atoms with E-state index in [0.717, 1.165) is 6.29 Å². The normalized spacial score (nSPS) is 12.2. The second kappa shape index (κ2) is 20.1. The Kier molecular flexibility index (Phi) is 15.9. The average molecular weight is 560 g/mol. The largest absolute Gasteiger partial charge is 0.449 e. The van der Waals surface area contributed by atoms with Crippen LogP contribution >= 0.6 is 0 Å². The molecule has 0 bridgehead atoms. The number of hydrogen-bond donors (Lipinski definition) is 1. The minimum Gasteiger partial charge on any atom is -0.449 e. The lowest BCUT2D eigenvalue weighted by molar-refractivity contribution is -0.109. The molecule has 2 aromatic carbocycles. The van der Waals surface area contributed by atoms with Gasteiger partial charge in [0.2, 0.25) is 0 Å². The number of carbonyl (C=O) groups excluding carboxylic acids is 2. The SMILES string of the molecule is O=CCCOCCOCCOCCOCCOCCOCCNC(=O)OCC1c2ccccc2-c2ccccc21. The van der Waals surface area contributed by atoms with Gasteiger partial charge in [-0.15, -0.1) is 0 Å². The van der Waals surface area contributed by atoms with Crippen molar-refractivity contribution in [3.63, 3.8) is 0 Å². The van der Waals surface area contributed by atoms with Crippen LogP contribution in [0, 0.1) is 0 Å². The number of nitrogens with one attached hydrogen (secondary N) is 1. The second-order valence-corrected chi connectivity index (χ2v) is 8.88. The summed E-state index contributed by atoms with van der Waals surface area (Å²) in [6.45, 7) is 6.17. The Hall–Kier alpha value is -2.86. The fourth-order valence-corrected chi connectivity index (χ4v) is 4.21. The molecule has 220 valence electrons. The van der Waals surface area contributed by atoms with Crippen LogP contribution in [0.15, 0.2) is 48.5 Å². The molecule has 1 N–H and O–H groups in total. The quantitative estimate of drug-likeness (QED) is 0.162. The molecule has 0 fully saturated rings. The van der Waals surface area contributed by atoms with Crippen molar-refractivity contribution >= 4 is 12.4 Å². The standard InChI is InChI=1S/C30H41NO9/c32-11-5-12-34-14-16-36-18-20-38-22-23-39-21-19-37-17-15-35-13-10-31-30(33)40-24-29-27-8-3-1-6-25(27)26-7-2-4-9-28(26)29/h1-4,6-9,11,29H,5,10,12-24H2,(H,31,33). The zero-order chi connectivity index (χ0) is 28.1. The summed E-state index contributed by atoms with van der Waals surface area (Å²) in [7, 11) is 0. The number of benzene rings is 2. The fraction of sp³-hybridized carbons (Fsp3) is 0.533. The van der Waals surface area contributed by atoms with Crippen molar-refractivity contribution in [1.29, 1.82) is 0 Å². The van der Waals surface area contributed by atoms with Gasteiger partial charge in [-0.1, -0.05) is 48.5 Å². The molecule has 0 unspecified atom stereocenters. The molecule has 2 aromatic rings. The third kappa shape index (κ3) is 11.7. The van der Waals surface area contributed by atoms with Crippen LogP contribution < -0.4 is 5.32 Å². The van der Waals surface area contributed by atoms with Crippen LogP contribution in [0.5, 0.6) is 0 Å². The molecule has 40 heavy (non-hydrogen) atoms. The van der Waals surface area contributed by atoms with Crippen LogP contribution in [0.1, 0.15) is 23.5 Å². The molecule has 3 rings (SSSR count). The van der Waals surface area contributed by atoms with Crippen molar-refractivity contribution in [3.8, 4) is 11.1 Å². The number of aldehydes is 1. The highest BCUT2D eigenvalue weighted by Crippen LogP contribution is 2.44. The molecule has 0 saturated carbocycles. The van der Waals surface area contributed by atoms with Gasteiger partial charge in [0.25, 0.3) is 0 Å².